The molecule has 2 aromatic rings. The summed E-state index contributed by atoms with van der Waals surface area (Å²) in [4.78, 5) is 40.7. The Morgan fingerprint density at radius 1 is 1.12 bits per heavy atom. The van der Waals surface area contributed by atoms with E-state index in [1.54, 1.807) is 48.5 Å². The van der Waals surface area contributed by atoms with Crippen LogP contribution in [0.1, 0.15) is 28.8 Å². The number of alkyl halides is 1. The molecule has 3 rings (SSSR count). The van der Waals surface area contributed by atoms with Gasteiger partial charge >= 0.3 is 5.97 Å². The smallest absolute Gasteiger partial charge is 0.307 e. The molecule has 0 saturated carbocycles. The van der Waals surface area contributed by atoms with E-state index in [0.29, 0.717) is 22.8 Å². The molecule has 168 valence electrons. The van der Waals surface area contributed by atoms with Crippen LogP contribution in [0.4, 0.5) is 5.69 Å². The molecule has 2 aromatic carbocycles. The van der Waals surface area contributed by atoms with Crippen molar-refractivity contribution >= 4 is 45.4 Å². The summed E-state index contributed by atoms with van der Waals surface area (Å²) in [6, 6.07) is 15.5. The van der Waals surface area contributed by atoms with E-state index in [1.807, 2.05) is 6.07 Å². The maximum Gasteiger partial charge on any atom is 0.307 e. The van der Waals surface area contributed by atoms with Gasteiger partial charge in [0.15, 0.2) is 5.96 Å². The molecule has 32 heavy (non-hydrogen) atoms. The largest absolute Gasteiger partial charge is 0.481 e. The van der Waals surface area contributed by atoms with E-state index in [0.717, 1.165) is 19.5 Å². The molecule has 1 aliphatic heterocycles. The van der Waals surface area contributed by atoms with E-state index in [4.69, 9.17) is 0 Å². The summed E-state index contributed by atoms with van der Waals surface area (Å²) in [5.41, 5.74) is 1.65. The number of amides is 2. The Bertz CT molecular complexity index is 1010. The number of anilines is 1. The highest BCUT2D eigenvalue weighted by Crippen LogP contribution is 2.32. The van der Waals surface area contributed by atoms with E-state index >= 15 is 0 Å². The first kappa shape index (κ1) is 23.3. The molecule has 0 aliphatic carbocycles. The minimum atomic E-state index is -1.29. The summed E-state index contributed by atoms with van der Waals surface area (Å²) in [5, 5.41) is 20.8. The molecule has 5 N–H and O–H groups in total. The van der Waals surface area contributed by atoms with Gasteiger partial charge in [0.25, 0.3) is 5.91 Å². The maximum atomic E-state index is 12.5. The third-order valence-corrected chi connectivity index (χ3v) is 5.59. The van der Waals surface area contributed by atoms with Crippen LogP contribution in [-0.2, 0) is 14.0 Å². The summed E-state index contributed by atoms with van der Waals surface area (Å²) >= 11 is 3.35. The monoisotopic (exact) mass is 501 g/mol. The minimum Gasteiger partial charge on any atom is -0.481 e. The highest BCUT2D eigenvalue weighted by molar-refractivity contribution is 9.09. The molecule has 0 spiro atoms. The Morgan fingerprint density at radius 2 is 1.91 bits per heavy atom. The lowest BCUT2D eigenvalue weighted by atomic mass is 10.0. The van der Waals surface area contributed by atoms with E-state index in [9.17, 15) is 19.5 Å². The van der Waals surface area contributed by atoms with Crippen molar-refractivity contribution in [3.05, 3.63) is 65.7 Å². The number of carboxylic acid groups (broad SMARTS) is 1. The molecule has 9 nitrogen and oxygen atoms in total. The van der Waals surface area contributed by atoms with Gasteiger partial charge in [0, 0.05) is 24.3 Å². The summed E-state index contributed by atoms with van der Waals surface area (Å²) in [6.07, 6.45) is 0.602. The number of hydrogen-bond donors (Lipinski definition) is 5. The average Bonchev–Trinajstić information content (AvgIpc) is 2.78. The van der Waals surface area contributed by atoms with Gasteiger partial charge < -0.3 is 26.4 Å². The number of carbonyl (C=O) groups is 3. The summed E-state index contributed by atoms with van der Waals surface area (Å²) < 4.78 is -1.29. The quantitative estimate of drug-likeness (QED) is 0.277. The minimum absolute atomic E-state index is 0.315. The van der Waals surface area contributed by atoms with Gasteiger partial charge in [0.2, 0.25) is 5.91 Å². The molecule has 10 heteroatoms. The lowest BCUT2D eigenvalue weighted by molar-refractivity contribution is -0.138. The number of carboxylic acids is 1. The van der Waals surface area contributed by atoms with Crippen LogP contribution in [0, 0.1) is 0 Å². The number of carbonyl (C=O) groups excluding carboxylic acids is 2. The Balaban J connectivity index is 1.60. The van der Waals surface area contributed by atoms with Crippen LogP contribution in [0.25, 0.3) is 0 Å². The average molecular weight is 502 g/mol. The van der Waals surface area contributed by atoms with Crippen molar-refractivity contribution < 1.29 is 19.5 Å². The molecule has 1 unspecified atom stereocenters. The molecular weight excluding hydrogens is 478 g/mol. The third-order valence-electron chi connectivity index (χ3n) is 4.66. The van der Waals surface area contributed by atoms with E-state index < -0.39 is 22.2 Å². The van der Waals surface area contributed by atoms with Crippen molar-refractivity contribution in [2.75, 3.05) is 25.0 Å². The molecular formula is C22H24BrN5O4. The number of aliphatic carboxylic acids is 1. The standard InChI is InChI=1S/C22H24BrN5O4/c23-22(13-19(30)31,16-7-2-1-3-8-16)28-18(29)14-26-20(32)15-6-4-9-17(12-15)27-21-24-10-5-11-25-21/h1-4,6-9,12H,5,10-11,13-14H2,(H,26,32)(H,28,29)(H,30,31)(H2,24,25,27). The number of rotatable bonds is 8. The van der Waals surface area contributed by atoms with Gasteiger partial charge in [-0.3, -0.25) is 19.4 Å². The fourth-order valence-electron chi connectivity index (χ4n) is 3.15. The number of guanidine groups is 1. The summed E-state index contributed by atoms with van der Waals surface area (Å²) in [6.45, 7) is 1.26. The van der Waals surface area contributed by atoms with E-state index in [-0.39, 0.29) is 13.0 Å². The molecule has 0 saturated heterocycles. The maximum absolute atomic E-state index is 12.5. The Kier molecular flexibility index (Phi) is 7.82. The Morgan fingerprint density at radius 3 is 2.59 bits per heavy atom. The molecule has 0 fully saturated rings. The van der Waals surface area contributed by atoms with Crippen molar-refractivity contribution in [3.8, 4) is 0 Å². The number of hydrogen-bond acceptors (Lipinski definition) is 6. The first-order valence-electron chi connectivity index (χ1n) is 10.1. The third kappa shape index (κ3) is 6.55. The zero-order valence-electron chi connectivity index (χ0n) is 17.2. The first-order valence-corrected chi connectivity index (χ1v) is 10.9. The topological polar surface area (TPSA) is 132 Å². The van der Waals surface area contributed by atoms with Crippen molar-refractivity contribution in [3.63, 3.8) is 0 Å². The van der Waals surface area contributed by atoms with Gasteiger partial charge in [-0.25, -0.2) is 0 Å². The van der Waals surface area contributed by atoms with Crippen LogP contribution < -0.4 is 21.3 Å². The van der Waals surface area contributed by atoms with Crippen LogP contribution in [-0.4, -0.2) is 48.5 Å². The number of halogens is 1. The highest BCUT2D eigenvalue weighted by Gasteiger charge is 2.33. The van der Waals surface area contributed by atoms with Gasteiger partial charge in [0.05, 0.1) is 13.0 Å². The van der Waals surface area contributed by atoms with Crippen LogP contribution >= 0.6 is 15.9 Å². The number of aliphatic imine (C=N–C) groups is 1. The summed E-state index contributed by atoms with van der Waals surface area (Å²) in [7, 11) is 0. The zero-order valence-corrected chi connectivity index (χ0v) is 18.8. The lowest BCUT2D eigenvalue weighted by Gasteiger charge is -2.28. The fraction of sp³-hybridized carbons (Fsp3) is 0.273. The molecule has 1 atom stereocenters. The van der Waals surface area contributed by atoms with Crippen molar-refractivity contribution in [2.24, 2.45) is 4.99 Å². The zero-order chi connectivity index (χ0) is 23.0. The van der Waals surface area contributed by atoms with Crippen LogP contribution in [0.5, 0.6) is 0 Å². The number of benzene rings is 2. The van der Waals surface area contributed by atoms with Crippen molar-refractivity contribution in [1.29, 1.82) is 0 Å². The lowest BCUT2D eigenvalue weighted by Crippen LogP contribution is -2.47. The van der Waals surface area contributed by atoms with Gasteiger partial charge in [-0.05, 0) is 30.2 Å². The van der Waals surface area contributed by atoms with Crippen LogP contribution in [0.2, 0.25) is 0 Å². The van der Waals surface area contributed by atoms with Gasteiger partial charge in [-0.2, -0.15) is 0 Å². The first-order chi connectivity index (χ1) is 15.4. The second-order valence-electron chi connectivity index (χ2n) is 7.19. The number of nitrogens with one attached hydrogen (secondary N) is 4. The molecule has 0 radical (unpaired) electrons. The van der Waals surface area contributed by atoms with E-state index in [1.165, 1.54) is 0 Å². The van der Waals surface area contributed by atoms with Crippen LogP contribution in [0.15, 0.2) is 59.6 Å². The van der Waals surface area contributed by atoms with Gasteiger partial charge in [-0.15, -0.1) is 0 Å². The van der Waals surface area contributed by atoms with E-state index in [2.05, 4.69) is 42.2 Å². The number of nitrogens with zero attached hydrogens (tertiary/aromatic N) is 1. The highest BCUT2D eigenvalue weighted by atomic mass is 79.9. The second-order valence-corrected chi connectivity index (χ2v) is 8.54. The predicted octanol–water partition coefficient (Wildman–Crippen LogP) is 2.02. The van der Waals surface area contributed by atoms with Crippen LogP contribution in [0.3, 0.4) is 0 Å². The Hall–Kier alpha value is -3.40. The SMILES string of the molecule is O=C(O)CC(Br)(NC(=O)CNC(=O)c1cccc(NC2=NCCCN2)c1)c1ccccc1. The summed E-state index contributed by atoms with van der Waals surface area (Å²) in [5.74, 6) is -1.39. The molecule has 0 aromatic heterocycles. The predicted molar refractivity (Wildman–Crippen MR) is 125 cm³/mol. The fourth-order valence-corrected chi connectivity index (χ4v) is 3.87. The van der Waals surface area contributed by atoms with Crippen molar-refractivity contribution in [2.45, 2.75) is 17.3 Å². The van der Waals surface area contributed by atoms with Gasteiger partial charge in [-0.1, -0.05) is 52.3 Å². The molecule has 1 heterocycles. The van der Waals surface area contributed by atoms with Crippen molar-refractivity contribution in [1.82, 2.24) is 16.0 Å². The molecule has 0 bridgehead atoms. The van der Waals surface area contributed by atoms with Gasteiger partial charge in [0.1, 0.15) is 4.45 Å². The second kappa shape index (κ2) is 10.8. The normalized spacial score (nSPS) is 14.8. The Labute approximate surface area is 193 Å². The molecule has 2 amide bonds. The molecule has 1 aliphatic rings.